The van der Waals surface area contributed by atoms with Crippen LogP contribution >= 0.6 is 11.8 Å². The highest BCUT2D eigenvalue weighted by atomic mass is 32.2. The highest BCUT2D eigenvalue weighted by Crippen LogP contribution is 2.17. The van der Waals surface area contributed by atoms with Gasteiger partial charge < -0.3 is 15.2 Å². The lowest BCUT2D eigenvalue weighted by atomic mass is 10.2. The van der Waals surface area contributed by atoms with Crippen molar-refractivity contribution in [3.05, 3.63) is 41.5 Å². The maximum absolute atomic E-state index is 11.6. The Labute approximate surface area is 127 Å². The smallest absolute Gasteiger partial charge is 0.315 e. The summed E-state index contributed by atoms with van der Waals surface area (Å²) in [5.74, 6) is 1.77. The Morgan fingerprint density at radius 1 is 1.24 bits per heavy atom. The van der Waals surface area contributed by atoms with Gasteiger partial charge in [0.15, 0.2) is 5.82 Å². The van der Waals surface area contributed by atoms with Gasteiger partial charge in [-0.25, -0.2) is 4.79 Å². The highest BCUT2D eigenvalue weighted by molar-refractivity contribution is 7.99. The average Bonchev–Trinajstić information content (AvgIpc) is 2.89. The molecule has 2 aromatic rings. The predicted molar refractivity (Wildman–Crippen MR) is 81.2 cm³/mol. The van der Waals surface area contributed by atoms with Crippen molar-refractivity contribution >= 4 is 17.8 Å². The Morgan fingerprint density at radius 3 is 2.67 bits per heavy atom. The van der Waals surface area contributed by atoms with Gasteiger partial charge in [-0.1, -0.05) is 22.9 Å². The van der Waals surface area contributed by atoms with Crippen molar-refractivity contribution in [1.82, 2.24) is 20.8 Å². The maximum Gasteiger partial charge on any atom is 0.315 e. The topological polar surface area (TPSA) is 80.0 Å². The number of urea groups is 1. The Kier molecular flexibility index (Phi) is 5.62. The first-order valence-electron chi connectivity index (χ1n) is 6.64. The van der Waals surface area contributed by atoms with Crippen LogP contribution in [0.25, 0.3) is 0 Å². The third-order valence-corrected chi connectivity index (χ3v) is 3.66. The first-order valence-corrected chi connectivity index (χ1v) is 7.62. The average molecular weight is 306 g/mol. The number of thioether (sulfide) groups is 1. The number of amides is 2. The van der Waals surface area contributed by atoms with E-state index in [2.05, 4.69) is 52.0 Å². The molecule has 112 valence electrons. The number of benzene rings is 1. The van der Waals surface area contributed by atoms with Gasteiger partial charge in [-0.05, 0) is 26.0 Å². The number of nitrogens with one attached hydrogen (secondary N) is 2. The second kappa shape index (κ2) is 7.68. The van der Waals surface area contributed by atoms with Crippen molar-refractivity contribution < 1.29 is 9.32 Å². The van der Waals surface area contributed by atoms with E-state index in [9.17, 15) is 4.79 Å². The van der Waals surface area contributed by atoms with Gasteiger partial charge in [0.2, 0.25) is 5.89 Å². The van der Waals surface area contributed by atoms with Crippen molar-refractivity contribution in [3.8, 4) is 0 Å². The molecule has 21 heavy (non-hydrogen) atoms. The van der Waals surface area contributed by atoms with Gasteiger partial charge in [-0.15, -0.1) is 11.8 Å². The number of rotatable bonds is 6. The van der Waals surface area contributed by atoms with E-state index in [-0.39, 0.29) is 12.6 Å². The standard InChI is InChI=1S/C14H18N4O2S/c1-10-3-5-12(6-4-10)21-8-7-15-14(19)16-9-13-17-11(2)18-20-13/h3-6H,7-9H2,1-2H3,(H2,15,16,19). The molecule has 2 rings (SSSR count). The minimum absolute atomic E-state index is 0.234. The molecule has 0 radical (unpaired) electrons. The fourth-order valence-corrected chi connectivity index (χ4v) is 2.37. The quantitative estimate of drug-likeness (QED) is 0.632. The summed E-state index contributed by atoms with van der Waals surface area (Å²) >= 11 is 1.71. The van der Waals surface area contributed by atoms with Crippen LogP contribution in [0, 0.1) is 13.8 Å². The lowest BCUT2D eigenvalue weighted by Gasteiger charge is -2.06. The molecule has 6 nitrogen and oxygen atoms in total. The van der Waals surface area contributed by atoms with Crippen molar-refractivity contribution in [2.45, 2.75) is 25.3 Å². The Balaban J connectivity index is 1.59. The van der Waals surface area contributed by atoms with Crippen molar-refractivity contribution in [3.63, 3.8) is 0 Å². The fraction of sp³-hybridized carbons (Fsp3) is 0.357. The fourth-order valence-electron chi connectivity index (χ4n) is 1.60. The molecule has 0 aliphatic rings. The van der Waals surface area contributed by atoms with Gasteiger partial charge in [-0.3, -0.25) is 0 Å². The summed E-state index contributed by atoms with van der Waals surface area (Å²) in [4.78, 5) is 16.8. The van der Waals surface area contributed by atoms with Crippen molar-refractivity contribution in [2.24, 2.45) is 0 Å². The molecule has 0 aliphatic heterocycles. The first-order chi connectivity index (χ1) is 10.1. The summed E-state index contributed by atoms with van der Waals surface area (Å²) in [7, 11) is 0. The number of hydrogen-bond acceptors (Lipinski definition) is 5. The molecule has 2 amide bonds. The number of aromatic nitrogens is 2. The summed E-state index contributed by atoms with van der Waals surface area (Å²) in [6.45, 7) is 4.62. The predicted octanol–water partition coefficient (Wildman–Crippen LogP) is 2.28. The summed E-state index contributed by atoms with van der Waals surface area (Å²) in [5, 5.41) is 9.09. The molecule has 0 fully saturated rings. The zero-order chi connectivity index (χ0) is 15.1. The van der Waals surface area contributed by atoms with E-state index >= 15 is 0 Å². The molecule has 0 aliphatic carbocycles. The van der Waals surface area contributed by atoms with E-state index in [1.807, 2.05) is 0 Å². The monoisotopic (exact) mass is 306 g/mol. The van der Waals surface area contributed by atoms with Gasteiger partial charge in [0.25, 0.3) is 0 Å². The first kappa shape index (κ1) is 15.4. The molecule has 7 heteroatoms. The second-order valence-corrected chi connectivity index (χ2v) is 5.67. The van der Waals surface area contributed by atoms with Crippen LogP contribution in [-0.2, 0) is 6.54 Å². The summed E-state index contributed by atoms with van der Waals surface area (Å²) in [6.07, 6.45) is 0. The lowest BCUT2D eigenvalue weighted by Crippen LogP contribution is -2.36. The van der Waals surface area contributed by atoms with Crippen LogP contribution in [0.2, 0.25) is 0 Å². The normalized spacial score (nSPS) is 10.4. The van der Waals surface area contributed by atoms with Crippen LogP contribution < -0.4 is 10.6 Å². The molecular weight excluding hydrogens is 288 g/mol. The number of hydrogen-bond donors (Lipinski definition) is 2. The molecular formula is C14H18N4O2S. The van der Waals surface area contributed by atoms with E-state index in [0.29, 0.717) is 18.3 Å². The number of aryl methyl sites for hydroxylation is 2. The number of nitrogens with zero attached hydrogens (tertiary/aromatic N) is 2. The zero-order valence-electron chi connectivity index (χ0n) is 12.0. The van der Waals surface area contributed by atoms with Gasteiger partial charge in [0, 0.05) is 17.2 Å². The summed E-state index contributed by atoms with van der Waals surface area (Å²) in [6, 6.07) is 8.08. The molecule has 1 aromatic carbocycles. The summed E-state index contributed by atoms with van der Waals surface area (Å²) < 4.78 is 4.90. The van der Waals surface area contributed by atoms with E-state index in [1.165, 1.54) is 10.5 Å². The molecule has 0 atom stereocenters. The maximum atomic E-state index is 11.6. The third kappa shape index (κ3) is 5.47. The van der Waals surface area contributed by atoms with Crippen LogP contribution in [0.3, 0.4) is 0 Å². The molecule has 2 N–H and O–H groups in total. The third-order valence-electron chi connectivity index (χ3n) is 2.65. The van der Waals surface area contributed by atoms with Gasteiger partial charge in [0.1, 0.15) is 0 Å². The molecule has 0 unspecified atom stereocenters. The van der Waals surface area contributed by atoms with Crippen molar-refractivity contribution in [1.29, 1.82) is 0 Å². The Hall–Kier alpha value is -2.02. The van der Waals surface area contributed by atoms with E-state index in [0.717, 1.165) is 5.75 Å². The number of carbonyl (C=O) groups is 1. The van der Waals surface area contributed by atoms with E-state index in [4.69, 9.17) is 4.52 Å². The molecule has 0 saturated heterocycles. The molecule has 1 heterocycles. The Bertz CT molecular complexity index is 583. The molecule has 0 bridgehead atoms. The molecule has 0 saturated carbocycles. The molecule has 1 aromatic heterocycles. The highest BCUT2D eigenvalue weighted by Gasteiger charge is 2.05. The van der Waals surface area contributed by atoms with Gasteiger partial charge >= 0.3 is 6.03 Å². The van der Waals surface area contributed by atoms with Gasteiger partial charge in [-0.2, -0.15) is 4.98 Å². The molecule has 0 spiro atoms. The SMILES string of the molecule is Cc1ccc(SCCNC(=O)NCc2nc(C)no2)cc1. The van der Waals surface area contributed by atoms with Crippen LogP contribution in [0.15, 0.2) is 33.7 Å². The largest absolute Gasteiger partial charge is 0.337 e. The second-order valence-electron chi connectivity index (χ2n) is 4.51. The van der Waals surface area contributed by atoms with Gasteiger partial charge in [0.05, 0.1) is 6.54 Å². The minimum atomic E-state index is -0.240. The van der Waals surface area contributed by atoms with Crippen molar-refractivity contribution in [2.75, 3.05) is 12.3 Å². The van der Waals surface area contributed by atoms with Crippen LogP contribution in [-0.4, -0.2) is 28.5 Å². The van der Waals surface area contributed by atoms with E-state index in [1.54, 1.807) is 18.7 Å². The summed E-state index contributed by atoms with van der Waals surface area (Å²) in [5.41, 5.74) is 1.24. The zero-order valence-corrected chi connectivity index (χ0v) is 12.9. The minimum Gasteiger partial charge on any atom is -0.337 e. The van der Waals surface area contributed by atoms with Crippen LogP contribution in [0.4, 0.5) is 4.79 Å². The number of carbonyl (C=O) groups excluding carboxylic acids is 1. The van der Waals surface area contributed by atoms with Crippen LogP contribution in [0.1, 0.15) is 17.3 Å². The lowest BCUT2D eigenvalue weighted by molar-refractivity contribution is 0.239. The Morgan fingerprint density at radius 2 is 2.00 bits per heavy atom. The van der Waals surface area contributed by atoms with Crippen LogP contribution in [0.5, 0.6) is 0 Å². The van der Waals surface area contributed by atoms with E-state index < -0.39 is 0 Å².